The van der Waals surface area contributed by atoms with Crippen molar-refractivity contribution < 1.29 is 9.59 Å². The first-order valence-corrected chi connectivity index (χ1v) is 7.54. The van der Waals surface area contributed by atoms with Crippen LogP contribution in [0.4, 0.5) is 4.79 Å². The van der Waals surface area contributed by atoms with Crippen LogP contribution < -0.4 is 16.0 Å². The number of nitrogens with zero attached hydrogens (tertiary/aromatic N) is 1. The third kappa shape index (κ3) is 6.86. The van der Waals surface area contributed by atoms with Crippen LogP contribution in [0.5, 0.6) is 0 Å². The summed E-state index contributed by atoms with van der Waals surface area (Å²) in [6, 6.07) is -0.390. The Kier molecular flexibility index (Phi) is 7.54. The summed E-state index contributed by atoms with van der Waals surface area (Å²) in [6.07, 6.45) is 2.41. The number of carbonyl (C=O) groups is 2. The Labute approximate surface area is 121 Å². The molecule has 1 unspecified atom stereocenters. The van der Waals surface area contributed by atoms with Gasteiger partial charge in [-0.1, -0.05) is 6.92 Å². The molecular formula is C14H28N4O2. The lowest BCUT2D eigenvalue weighted by molar-refractivity contribution is -0.121. The molecule has 1 rings (SSSR count). The lowest BCUT2D eigenvalue weighted by Gasteiger charge is -2.28. The predicted molar refractivity (Wildman–Crippen MR) is 79.5 cm³/mol. The van der Waals surface area contributed by atoms with E-state index in [-0.39, 0.29) is 18.5 Å². The zero-order valence-corrected chi connectivity index (χ0v) is 12.9. The maximum absolute atomic E-state index is 11.8. The summed E-state index contributed by atoms with van der Waals surface area (Å²) in [6.45, 7) is 9.87. The van der Waals surface area contributed by atoms with Gasteiger partial charge in [-0.3, -0.25) is 15.0 Å². The highest BCUT2D eigenvalue weighted by molar-refractivity contribution is 5.95. The number of likely N-dealkylation sites (N-methyl/N-ethyl adjacent to an activating group) is 1. The number of rotatable bonds is 6. The Morgan fingerprint density at radius 2 is 2.15 bits per heavy atom. The maximum Gasteiger partial charge on any atom is 0.321 e. The van der Waals surface area contributed by atoms with Crippen LogP contribution in [0.1, 0.15) is 33.6 Å². The van der Waals surface area contributed by atoms with Crippen molar-refractivity contribution in [3.05, 3.63) is 0 Å². The van der Waals surface area contributed by atoms with E-state index in [9.17, 15) is 9.59 Å². The largest absolute Gasteiger partial charge is 0.336 e. The van der Waals surface area contributed by atoms with Gasteiger partial charge in [0.2, 0.25) is 5.91 Å². The minimum absolute atomic E-state index is 0.0263. The van der Waals surface area contributed by atoms with Gasteiger partial charge in [0.05, 0.1) is 6.54 Å². The van der Waals surface area contributed by atoms with Gasteiger partial charge in [-0.25, -0.2) is 4.79 Å². The minimum atomic E-state index is -0.416. The molecule has 6 nitrogen and oxygen atoms in total. The number of hydrogen-bond acceptors (Lipinski definition) is 4. The first kappa shape index (κ1) is 16.9. The van der Waals surface area contributed by atoms with E-state index in [1.807, 2.05) is 20.8 Å². The number of nitrogens with one attached hydrogen (secondary N) is 3. The van der Waals surface area contributed by atoms with Gasteiger partial charge in [0.1, 0.15) is 0 Å². The normalized spacial score (nSPS) is 19.1. The fourth-order valence-corrected chi connectivity index (χ4v) is 2.42. The molecule has 0 spiro atoms. The van der Waals surface area contributed by atoms with E-state index in [4.69, 9.17) is 0 Å². The monoisotopic (exact) mass is 284 g/mol. The smallest absolute Gasteiger partial charge is 0.321 e. The molecule has 0 radical (unpaired) electrons. The summed E-state index contributed by atoms with van der Waals surface area (Å²) in [5.41, 5.74) is 0. The molecule has 3 N–H and O–H groups in total. The van der Waals surface area contributed by atoms with Gasteiger partial charge in [-0.15, -0.1) is 0 Å². The first-order valence-electron chi connectivity index (χ1n) is 7.54. The van der Waals surface area contributed by atoms with E-state index < -0.39 is 6.03 Å². The van der Waals surface area contributed by atoms with Crippen molar-refractivity contribution in [2.75, 3.05) is 32.7 Å². The van der Waals surface area contributed by atoms with Crippen LogP contribution in [0, 0.1) is 5.92 Å². The molecule has 6 heteroatoms. The van der Waals surface area contributed by atoms with Crippen LogP contribution in [0.2, 0.25) is 0 Å². The molecule has 0 aliphatic carbocycles. The van der Waals surface area contributed by atoms with Crippen molar-refractivity contribution in [3.8, 4) is 0 Å². The highest BCUT2D eigenvalue weighted by Gasteiger charge is 2.18. The molecule has 3 amide bonds. The molecule has 1 aliphatic heterocycles. The van der Waals surface area contributed by atoms with Crippen LogP contribution in [0.25, 0.3) is 0 Å². The first-order chi connectivity index (χ1) is 9.51. The Balaban J connectivity index is 2.31. The van der Waals surface area contributed by atoms with Gasteiger partial charge in [-0.2, -0.15) is 0 Å². The number of hydrogen-bond donors (Lipinski definition) is 3. The molecule has 1 fully saturated rings. The number of carbonyl (C=O) groups excluding carboxylic acids is 2. The molecule has 1 saturated heterocycles. The van der Waals surface area contributed by atoms with Crippen molar-refractivity contribution >= 4 is 11.9 Å². The maximum atomic E-state index is 11.8. The molecule has 0 aromatic rings. The third-order valence-corrected chi connectivity index (χ3v) is 3.40. The molecule has 1 aliphatic rings. The van der Waals surface area contributed by atoms with Crippen molar-refractivity contribution in [1.82, 2.24) is 20.9 Å². The summed E-state index contributed by atoms with van der Waals surface area (Å²) >= 11 is 0. The third-order valence-electron chi connectivity index (χ3n) is 3.40. The van der Waals surface area contributed by atoms with Crippen LogP contribution in [-0.2, 0) is 4.79 Å². The molecule has 0 saturated carbocycles. The second kappa shape index (κ2) is 8.92. The lowest BCUT2D eigenvalue weighted by Crippen LogP contribution is -2.47. The van der Waals surface area contributed by atoms with Gasteiger partial charge in [0.15, 0.2) is 0 Å². The number of imide groups is 1. The highest BCUT2D eigenvalue weighted by atomic mass is 16.2. The van der Waals surface area contributed by atoms with Gasteiger partial charge in [-0.05, 0) is 52.2 Å². The molecule has 0 aromatic heterocycles. The van der Waals surface area contributed by atoms with Gasteiger partial charge in [0.25, 0.3) is 0 Å². The van der Waals surface area contributed by atoms with Crippen LogP contribution in [0.15, 0.2) is 0 Å². The zero-order valence-electron chi connectivity index (χ0n) is 12.9. The van der Waals surface area contributed by atoms with Crippen LogP contribution in [-0.4, -0.2) is 55.6 Å². The molecule has 1 heterocycles. The van der Waals surface area contributed by atoms with E-state index in [0.29, 0.717) is 5.92 Å². The average Bonchev–Trinajstić information content (AvgIpc) is 2.37. The van der Waals surface area contributed by atoms with Gasteiger partial charge in [0, 0.05) is 12.6 Å². The van der Waals surface area contributed by atoms with Gasteiger partial charge < -0.3 is 10.6 Å². The highest BCUT2D eigenvalue weighted by Crippen LogP contribution is 2.11. The topological polar surface area (TPSA) is 73.5 Å². The lowest BCUT2D eigenvalue weighted by atomic mass is 9.99. The van der Waals surface area contributed by atoms with Gasteiger partial charge >= 0.3 is 6.03 Å². The Hall–Kier alpha value is -1.14. The summed E-state index contributed by atoms with van der Waals surface area (Å²) in [7, 11) is 0. The zero-order chi connectivity index (χ0) is 15.0. The van der Waals surface area contributed by atoms with E-state index in [1.54, 1.807) is 0 Å². The van der Waals surface area contributed by atoms with Crippen molar-refractivity contribution in [1.29, 1.82) is 0 Å². The average molecular weight is 284 g/mol. The fraction of sp³-hybridized carbons (Fsp3) is 0.857. The Morgan fingerprint density at radius 3 is 2.70 bits per heavy atom. The van der Waals surface area contributed by atoms with E-state index >= 15 is 0 Å². The van der Waals surface area contributed by atoms with Crippen LogP contribution >= 0.6 is 0 Å². The second-order valence-electron chi connectivity index (χ2n) is 5.72. The minimum Gasteiger partial charge on any atom is -0.336 e. The standard InChI is InChI=1S/C14H28N4O2/c1-4-18(9-12-6-5-7-15-8-12)10-13(19)17-14(20)16-11(2)3/h11-12,15H,4-10H2,1-3H3,(H2,16,17,19,20). The number of urea groups is 1. The number of piperidine rings is 1. The predicted octanol–water partition coefficient (Wildman–Crippen LogP) is 0.542. The quantitative estimate of drug-likeness (QED) is 0.666. The molecule has 20 heavy (non-hydrogen) atoms. The Morgan fingerprint density at radius 1 is 1.40 bits per heavy atom. The molecule has 0 bridgehead atoms. The summed E-state index contributed by atoms with van der Waals surface area (Å²) in [5.74, 6) is 0.356. The Bertz CT molecular complexity index is 314. The summed E-state index contributed by atoms with van der Waals surface area (Å²) in [4.78, 5) is 25.4. The molecular weight excluding hydrogens is 256 g/mol. The van der Waals surface area contributed by atoms with E-state index in [0.717, 1.165) is 26.2 Å². The summed E-state index contributed by atoms with van der Waals surface area (Å²) < 4.78 is 0. The van der Waals surface area contributed by atoms with Crippen LogP contribution in [0.3, 0.4) is 0 Å². The molecule has 1 atom stereocenters. The van der Waals surface area contributed by atoms with E-state index in [1.165, 1.54) is 12.8 Å². The van der Waals surface area contributed by atoms with Crippen molar-refractivity contribution in [3.63, 3.8) is 0 Å². The SMILES string of the molecule is CCN(CC(=O)NC(=O)NC(C)C)CC1CCCNC1. The molecule has 116 valence electrons. The molecule has 0 aromatic carbocycles. The van der Waals surface area contributed by atoms with Crippen molar-refractivity contribution in [2.24, 2.45) is 5.92 Å². The second-order valence-corrected chi connectivity index (χ2v) is 5.72. The fourth-order valence-electron chi connectivity index (χ4n) is 2.42. The van der Waals surface area contributed by atoms with Crippen molar-refractivity contribution in [2.45, 2.75) is 39.7 Å². The summed E-state index contributed by atoms with van der Waals surface area (Å²) in [5, 5.41) is 8.39. The van der Waals surface area contributed by atoms with E-state index in [2.05, 4.69) is 20.9 Å². The number of amides is 3.